The van der Waals surface area contributed by atoms with Crippen LogP contribution in [0, 0.1) is 11.3 Å². The van der Waals surface area contributed by atoms with Crippen molar-refractivity contribution in [3.8, 4) is 12.1 Å². The van der Waals surface area contributed by atoms with Gasteiger partial charge in [-0.05, 0) is 49.9 Å². The van der Waals surface area contributed by atoms with Crippen molar-refractivity contribution in [2.75, 3.05) is 101 Å². The van der Waals surface area contributed by atoms with E-state index in [1.807, 2.05) is 13.1 Å². The zero-order valence-electron chi connectivity index (χ0n) is 38.6. The fourth-order valence-corrected chi connectivity index (χ4v) is 10.1. The van der Waals surface area contributed by atoms with Gasteiger partial charge in [-0.2, -0.15) is 15.2 Å². The highest BCUT2D eigenvalue weighted by Gasteiger charge is 2.45. The van der Waals surface area contributed by atoms with Crippen molar-refractivity contribution in [3.05, 3.63) is 83.0 Å². The number of ether oxygens (including phenoxy) is 4. The lowest BCUT2D eigenvalue weighted by molar-refractivity contribution is -0.136. The SMILES string of the molecule is CN1C[C@H](OCCOCCOCCNc2cccc3c2C(=O)N(C2CCC(=O)NC2=O)C3=O)C[C@H]1COc1nc2c(c(N3CCN(C(N)=O)[C@@H](CC#N)C3)n1)CCN(c1cccc3ccccc13)C2. The van der Waals surface area contributed by atoms with Crippen LogP contribution in [-0.4, -0.2) is 165 Å². The molecule has 9 rings (SSSR count). The first-order valence-corrected chi connectivity index (χ1v) is 23.6. The number of nitrogens with two attached hydrogens (primary N) is 1. The smallest absolute Gasteiger partial charge is 0.318 e. The normalized spacial score (nSPS) is 21.6. The number of primary amides is 1. The minimum Gasteiger partial charge on any atom is -0.462 e. The zero-order valence-corrected chi connectivity index (χ0v) is 38.6. The summed E-state index contributed by atoms with van der Waals surface area (Å²) in [6, 6.07) is 20.3. The first kappa shape index (κ1) is 47.2. The van der Waals surface area contributed by atoms with Crippen molar-refractivity contribution in [1.82, 2.24) is 30.0 Å². The predicted molar refractivity (Wildman–Crippen MR) is 253 cm³/mol. The van der Waals surface area contributed by atoms with Crippen LogP contribution in [0.4, 0.5) is 22.0 Å². The summed E-state index contributed by atoms with van der Waals surface area (Å²) in [6.07, 6.45) is 1.76. The second-order valence-corrected chi connectivity index (χ2v) is 17.9. The van der Waals surface area contributed by atoms with Gasteiger partial charge < -0.3 is 44.7 Å². The number of carbonyl (C=O) groups excluding carboxylic acids is 5. The van der Waals surface area contributed by atoms with Crippen molar-refractivity contribution in [1.29, 1.82) is 5.26 Å². The minimum absolute atomic E-state index is 0.0138. The Balaban J connectivity index is 0.732. The lowest BCUT2D eigenvalue weighted by Gasteiger charge is -2.41. The van der Waals surface area contributed by atoms with Gasteiger partial charge in [-0.15, -0.1) is 0 Å². The number of nitrogens with one attached hydrogen (secondary N) is 2. The molecule has 20 nitrogen and oxygen atoms in total. The number of piperazine rings is 1. The van der Waals surface area contributed by atoms with E-state index in [4.69, 9.17) is 34.6 Å². The number of urea groups is 1. The van der Waals surface area contributed by atoms with Crippen LogP contribution in [0.3, 0.4) is 0 Å². The Morgan fingerprint density at radius 2 is 1.68 bits per heavy atom. The number of fused-ring (bicyclic) bond motifs is 3. The Kier molecular flexibility index (Phi) is 14.5. The molecular weight excluding hydrogens is 887 g/mol. The Hall–Kier alpha value is -6.92. The van der Waals surface area contributed by atoms with Crippen LogP contribution in [0.2, 0.25) is 0 Å². The van der Waals surface area contributed by atoms with Crippen molar-refractivity contribution < 1.29 is 42.9 Å². The molecule has 0 spiro atoms. The summed E-state index contributed by atoms with van der Waals surface area (Å²) in [6.45, 7) is 5.95. The van der Waals surface area contributed by atoms with Crippen LogP contribution in [0.1, 0.15) is 57.7 Å². The Labute approximate surface area is 399 Å². The van der Waals surface area contributed by atoms with Crippen molar-refractivity contribution in [2.45, 2.75) is 62.9 Å². The Morgan fingerprint density at radius 1 is 0.884 bits per heavy atom. The maximum Gasteiger partial charge on any atom is 0.318 e. The van der Waals surface area contributed by atoms with Crippen LogP contribution in [0.15, 0.2) is 60.7 Å². The highest BCUT2D eigenvalue weighted by atomic mass is 16.5. The van der Waals surface area contributed by atoms with E-state index in [-0.39, 0.29) is 54.6 Å². The third kappa shape index (κ3) is 10.3. The average Bonchev–Trinajstić information content (AvgIpc) is 3.84. The number of likely N-dealkylation sites (tertiary alicyclic amines) is 1. The number of amides is 6. The van der Waals surface area contributed by atoms with E-state index in [1.165, 1.54) is 10.8 Å². The molecular formula is C49H57N11O9. The summed E-state index contributed by atoms with van der Waals surface area (Å²) in [5.74, 6) is -1.43. The number of benzene rings is 3. The number of nitriles is 1. The summed E-state index contributed by atoms with van der Waals surface area (Å²) in [5, 5.41) is 17.3. The molecule has 5 aliphatic heterocycles. The third-order valence-electron chi connectivity index (χ3n) is 13.6. The van der Waals surface area contributed by atoms with Crippen molar-refractivity contribution in [2.24, 2.45) is 5.73 Å². The van der Waals surface area contributed by atoms with Gasteiger partial charge in [0.1, 0.15) is 18.5 Å². The molecule has 3 fully saturated rings. The van der Waals surface area contributed by atoms with Gasteiger partial charge in [0.2, 0.25) is 11.8 Å². The number of aromatic nitrogens is 2. The average molecular weight is 944 g/mol. The zero-order chi connectivity index (χ0) is 48.0. The number of anilines is 3. The van der Waals surface area contributed by atoms with Gasteiger partial charge in [0, 0.05) is 74.1 Å². The van der Waals surface area contributed by atoms with E-state index in [2.05, 4.69) is 67.8 Å². The van der Waals surface area contributed by atoms with E-state index in [1.54, 1.807) is 23.1 Å². The van der Waals surface area contributed by atoms with E-state index in [0.717, 1.165) is 47.2 Å². The fraction of sp³-hybridized carbons (Fsp3) is 0.469. The number of imide groups is 2. The summed E-state index contributed by atoms with van der Waals surface area (Å²) in [7, 11) is 2.05. The van der Waals surface area contributed by atoms with Crippen molar-refractivity contribution in [3.63, 3.8) is 0 Å². The standard InChI is InChI=1S/C49H57N11O9/c1-56-28-34(68-25-24-67-23-22-66-21-17-52-38-10-5-9-37-43(38)47(64)60(46(37)63)41-12-13-42(61)54-45(41)62)26-33(56)30-69-49-53-39-29-57(40-11-4-7-31-6-2-3-8-35(31)40)18-15-36(39)44(55-49)58-19-20-59(48(51)65)32(27-58)14-16-50/h2-11,32-34,41,52H,12-15,17-30H2,1H3,(H2,51,65)(H,54,61,62)/t32-,33-,34+,41?/m0/s1. The second kappa shape index (κ2) is 21.2. The molecule has 3 saturated heterocycles. The largest absolute Gasteiger partial charge is 0.462 e. The topological polar surface area (TPSA) is 238 Å². The summed E-state index contributed by atoms with van der Waals surface area (Å²) >= 11 is 0. The van der Waals surface area contributed by atoms with Gasteiger partial charge in [0.25, 0.3) is 11.8 Å². The van der Waals surface area contributed by atoms with Gasteiger partial charge in [0.15, 0.2) is 0 Å². The molecule has 1 aromatic heterocycles. The molecule has 0 aliphatic carbocycles. The molecule has 6 heterocycles. The Morgan fingerprint density at radius 3 is 2.51 bits per heavy atom. The fourth-order valence-electron chi connectivity index (χ4n) is 10.1. The molecule has 0 bridgehead atoms. The van der Waals surface area contributed by atoms with Crippen LogP contribution in [0.5, 0.6) is 6.01 Å². The number of likely N-dealkylation sites (N-methyl/N-ethyl adjacent to an activating group) is 1. The lowest BCUT2D eigenvalue weighted by atomic mass is 10.0. The number of piperidine rings is 1. The number of rotatable bonds is 18. The van der Waals surface area contributed by atoms with Gasteiger partial charge >= 0.3 is 12.0 Å². The molecule has 1 unspecified atom stereocenters. The lowest BCUT2D eigenvalue weighted by Crippen LogP contribution is -2.57. The van der Waals surface area contributed by atoms with Crippen LogP contribution in [0.25, 0.3) is 10.8 Å². The number of carbonyl (C=O) groups is 5. The maximum absolute atomic E-state index is 13.3. The molecule has 3 aromatic carbocycles. The molecule has 4 N–H and O–H groups in total. The monoisotopic (exact) mass is 943 g/mol. The van der Waals surface area contributed by atoms with Crippen LogP contribution >= 0.6 is 0 Å². The summed E-state index contributed by atoms with van der Waals surface area (Å²) in [4.78, 5) is 82.0. The molecule has 0 saturated carbocycles. The quantitative estimate of drug-likeness (QED) is 0.0960. The van der Waals surface area contributed by atoms with Gasteiger partial charge in [0.05, 0.1) is 81.0 Å². The van der Waals surface area contributed by atoms with E-state index in [0.29, 0.717) is 84.5 Å². The number of hydrogen-bond donors (Lipinski definition) is 3. The molecule has 4 atom stereocenters. The molecule has 5 aliphatic rings. The first-order chi connectivity index (χ1) is 33.6. The van der Waals surface area contributed by atoms with E-state index in [9.17, 15) is 29.2 Å². The highest BCUT2D eigenvalue weighted by Crippen LogP contribution is 2.36. The summed E-state index contributed by atoms with van der Waals surface area (Å²) in [5.41, 5.74) is 9.67. The molecule has 69 heavy (non-hydrogen) atoms. The molecule has 20 heteroatoms. The molecule has 4 aromatic rings. The second-order valence-electron chi connectivity index (χ2n) is 17.9. The number of hydrogen-bond acceptors (Lipinski definition) is 16. The van der Waals surface area contributed by atoms with E-state index >= 15 is 0 Å². The van der Waals surface area contributed by atoms with Crippen LogP contribution < -0.4 is 30.9 Å². The molecule has 6 amide bonds. The predicted octanol–water partition coefficient (Wildman–Crippen LogP) is 2.69. The molecule has 362 valence electrons. The highest BCUT2D eigenvalue weighted by molar-refractivity contribution is 6.25. The van der Waals surface area contributed by atoms with Crippen molar-refractivity contribution >= 4 is 57.6 Å². The Bertz CT molecular complexity index is 2640. The van der Waals surface area contributed by atoms with Gasteiger partial charge in [-0.25, -0.2) is 4.79 Å². The first-order valence-electron chi connectivity index (χ1n) is 23.6. The van der Waals surface area contributed by atoms with Gasteiger partial charge in [-0.3, -0.25) is 34.3 Å². The number of nitrogens with zero attached hydrogens (tertiary/aromatic N) is 8. The van der Waals surface area contributed by atoms with E-state index < -0.39 is 35.7 Å². The third-order valence-corrected chi connectivity index (χ3v) is 13.6. The maximum atomic E-state index is 13.3. The van der Waals surface area contributed by atoms with Crippen LogP contribution in [-0.2, 0) is 36.8 Å². The summed E-state index contributed by atoms with van der Waals surface area (Å²) < 4.78 is 24.2. The minimum atomic E-state index is -1.03. The molecule has 0 radical (unpaired) electrons. The van der Waals surface area contributed by atoms with Gasteiger partial charge in [-0.1, -0.05) is 42.5 Å².